The fourth-order valence-electron chi connectivity index (χ4n) is 3.47. The van der Waals surface area contributed by atoms with Gasteiger partial charge in [0.2, 0.25) is 0 Å². The van der Waals surface area contributed by atoms with Crippen molar-refractivity contribution in [2.45, 2.75) is 19.1 Å². The summed E-state index contributed by atoms with van der Waals surface area (Å²) in [6.45, 7) is 1.41. The van der Waals surface area contributed by atoms with Crippen LogP contribution in [0.5, 0.6) is 0 Å². The molecule has 9 heteroatoms. The fraction of sp³-hybridized carbons (Fsp3) is 0.471. The van der Waals surface area contributed by atoms with Crippen molar-refractivity contribution < 1.29 is 22.7 Å². The van der Waals surface area contributed by atoms with E-state index < -0.39 is 17.7 Å². The van der Waals surface area contributed by atoms with Gasteiger partial charge in [0.25, 0.3) is 0 Å². The number of piperidine rings is 1. The van der Waals surface area contributed by atoms with Crippen molar-refractivity contribution in [3.63, 3.8) is 0 Å². The summed E-state index contributed by atoms with van der Waals surface area (Å²) in [4.78, 5) is 17.6. The number of methoxy groups -OCH3 is 1. The van der Waals surface area contributed by atoms with E-state index in [9.17, 15) is 18.0 Å². The Bertz CT molecular complexity index is 839. The molecule has 0 N–H and O–H groups in total. The molecule has 2 aromatic heterocycles. The van der Waals surface area contributed by atoms with Crippen LogP contribution in [0.3, 0.4) is 0 Å². The van der Waals surface area contributed by atoms with Gasteiger partial charge in [0.15, 0.2) is 0 Å². The average Bonchev–Trinajstić information content (AvgIpc) is 3.00. The molecule has 0 aromatic carbocycles. The molecule has 0 bridgehead atoms. The third kappa shape index (κ3) is 3.13. The second kappa shape index (κ2) is 6.00. The zero-order valence-corrected chi connectivity index (χ0v) is 14.0. The van der Waals surface area contributed by atoms with Crippen LogP contribution in [-0.2, 0) is 17.5 Å². The topological polar surface area (TPSA) is 60.2 Å². The quantitative estimate of drug-likeness (QED) is 0.779. The molecule has 1 saturated carbocycles. The minimum atomic E-state index is -4.49. The van der Waals surface area contributed by atoms with Gasteiger partial charge in [-0.15, -0.1) is 0 Å². The van der Waals surface area contributed by atoms with E-state index in [0.29, 0.717) is 17.7 Å². The minimum Gasteiger partial charge on any atom is -0.465 e. The Morgan fingerprint density at radius 1 is 1.31 bits per heavy atom. The normalized spacial score (nSPS) is 21.6. The van der Waals surface area contributed by atoms with Crippen LogP contribution in [0, 0.1) is 11.8 Å². The minimum absolute atomic E-state index is 0.00474. The van der Waals surface area contributed by atoms with Crippen LogP contribution < -0.4 is 4.90 Å². The van der Waals surface area contributed by atoms with E-state index in [0.717, 1.165) is 19.2 Å². The van der Waals surface area contributed by atoms with Crippen LogP contribution in [-0.4, -0.2) is 40.9 Å². The molecule has 1 aliphatic heterocycles. The van der Waals surface area contributed by atoms with Gasteiger partial charge in [-0.3, -0.25) is 4.68 Å². The molecule has 0 amide bonds. The van der Waals surface area contributed by atoms with Gasteiger partial charge in [-0.1, -0.05) is 0 Å². The molecular formula is C17H17F3N4O2. The summed E-state index contributed by atoms with van der Waals surface area (Å²) in [6, 6.07) is 1.12. The first kappa shape index (κ1) is 16.9. The Labute approximate surface area is 147 Å². The average molecular weight is 366 g/mol. The van der Waals surface area contributed by atoms with Crippen LogP contribution in [0.2, 0.25) is 0 Å². The third-order valence-corrected chi connectivity index (χ3v) is 4.97. The first-order chi connectivity index (χ1) is 12.3. The first-order valence-electron chi connectivity index (χ1n) is 8.27. The highest BCUT2D eigenvalue weighted by molar-refractivity contribution is 5.88. The SMILES string of the molecule is COC(=O)c1cnn(Cc2cnc(N3CC4CC4C3)cc2C(F)(F)F)c1. The second-order valence-corrected chi connectivity index (χ2v) is 6.78. The number of carbonyl (C=O) groups is 1. The standard InChI is InChI=1S/C17H17F3N4O2/c1-26-16(25)13-5-22-24(9-13)8-12-4-21-15(3-14(12)17(18,19)20)23-6-10-2-11(10)7-23/h3-5,9-11H,2,6-8H2,1H3. The molecule has 6 nitrogen and oxygen atoms in total. The van der Waals surface area contributed by atoms with Crippen LogP contribution in [0.15, 0.2) is 24.7 Å². The van der Waals surface area contributed by atoms with Crippen LogP contribution in [0.1, 0.15) is 27.9 Å². The predicted molar refractivity (Wildman–Crippen MR) is 85.7 cm³/mol. The summed E-state index contributed by atoms with van der Waals surface area (Å²) in [5.41, 5.74) is -0.537. The molecule has 4 rings (SSSR count). The lowest BCUT2D eigenvalue weighted by molar-refractivity contribution is -0.138. The lowest BCUT2D eigenvalue weighted by atomic mass is 10.1. The monoisotopic (exact) mass is 366 g/mol. The summed E-state index contributed by atoms with van der Waals surface area (Å²) >= 11 is 0. The van der Waals surface area contributed by atoms with Gasteiger partial charge in [0, 0.05) is 31.0 Å². The maximum absolute atomic E-state index is 13.5. The van der Waals surface area contributed by atoms with Gasteiger partial charge in [0.05, 0.1) is 31.0 Å². The smallest absolute Gasteiger partial charge is 0.416 e. The van der Waals surface area contributed by atoms with Gasteiger partial charge in [-0.05, 0) is 24.3 Å². The molecule has 2 aliphatic rings. The number of ether oxygens (including phenoxy) is 1. The van der Waals surface area contributed by atoms with E-state index >= 15 is 0 Å². The maximum atomic E-state index is 13.5. The highest BCUT2D eigenvalue weighted by Gasteiger charge is 2.46. The number of anilines is 1. The summed E-state index contributed by atoms with van der Waals surface area (Å²) in [7, 11) is 1.23. The van der Waals surface area contributed by atoms with E-state index in [1.165, 1.54) is 36.8 Å². The molecule has 0 radical (unpaired) electrons. The molecule has 3 heterocycles. The molecule has 1 aliphatic carbocycles. The highest BCUT2D eigenvalue weighted by Crippen LogP contribution is 2.46. The molecule has 2 atom stereocenters. The van der Waals surface area contributed by atoms with Gasteiger partial charge >= 0.3 is 12.1 Å². The number of hydrogen-bond acceptors (Lipinski definition) is 5. The lowest BCUT2D eigenvalue weighted by Crippen LogP contribution is -2.24. The lowest BCUT2D eigenvalue weighted by Gasteiger charge is -2.21. The summed E-state index contributed by atoms with van der Waals surface area (Å²) in [6.07, 6.45) is 0.545. The molecular weight excluding hydrogens is 349 g/mol. The van der Waals surface area contributed by atoms with Crippen LogP contribution in [0.4, 0.5) is 19.0 Å². The van der Waals surface area contributed by atoms with E-state index in [2.05, 4.69) is 14.8 Å². The number of hydrogen-bond donors (Lipinski definition) is 0. The Kier molecular flexibility index (Phi) is 3.89. The van der Waals surface area contributed by atoms with Crippen molar-refractivity contribution in [1.29, 1.82) is 0 Å². The van der Waals surface area contributed by atoms with Crippen molar-refractivity contribution in [2.24, 2.45) is 11.8 Å². The number of rotatable bonds is 4. The molecule has 0 spiro atoms. The Morgan fingerprint density at radius 2 is 2.04 bits per heavy atom. The van der Waals surface area contributed by atoms with Crippen molar-refractivity contribution in [2.75, 3.05) is 25.1 Å². The van der Waals surface area contributed by atoms with Crippen molar-refractivity contribution in [3.8, 4) is 0 Å². The molecule has 2 unspecified atom stereocenters. The molecule has 2 fully saturated rings. The van der Waals surface area contributed by atoms with Crippen molar-refractivity contribution >= 4 is 11.8 Å². The van der Waals surface area contributed by atoms with Gasteiger partial charge in [0.1, 0.15) is 5.82 Å². The van der Waals surface area contributed by atoms with E-state index in [1.54, 1.807) is 0 Å². The Hall–Kier alpha value is -2.58. The first-order valence-corrected chi connectivity index (χ1v) is 8.27. The fourth-order valence-corrected chi connectivity index (χ4v) is 3.47. The summed E-state index contributed by atoms with van der Waals surface area (Å²) in [5.74, 6) is 0.982. The highest BCUT2D eigenvalue weighted by atomic mass is 19.4. The predicted octanol–water partition coefficient (Wildman–Crippen LogP) is 2.59. The molecule has 1 saturated heterocycles. The largest absolute Gasteiger partial charge is 0.465 e. The number of fused-ring (bicyclic) bond motifs is 1. The van der Waals surface area contributed by atoms with E-state index in [-0.39, 0.29) is 17.7 Å². The number of halogens is 3. The number of esters is 1. The van der Waals surface area contributed by atoms with E-state index in [1.807, 2.05) is 4.90 Å². The molecule has 26 heavy (non-hydrogen) atoms. The van der Waals surface area contributed by atoms with Crippen LogP contribution >= 0.6 is 0 Å². The Balaban J connectivity index is 1.60. The number of carbonyl (C=O) groups excluding carboxylic acids is 1. The zero-order chi connectivity index (χ0) is 18.5. The van der Waals surface area contributed by atoms with Gasteiger partial charge in [-0.2, -0.15) is 18.3 Å². The van der Waals surface area contributed by atoms with Crippen molar-refractivity contribution in [3.05, 3.63) is 41.3 Å². The van der Waals surface area contributed by atoms with Gasteiger partial charge < -0.3 is 9.64 Å². The molecule has 2 aromatic rings. The third-order valence-electron chi connectivity index (χ3n) is 4.97. The zero-order valence-electron chi connectivity index (χ0n) is 14.0. The van der Waals surface area contributed by atoms with E-state index in [4.69, 9.17) is 0 Å². The van der Waals surface area contributed by atoms with Gasteiger partial charge in [-0.25, -0.2) is 9.78 Å². The number of pyridine rings is 1. The summed E-state index contributed by atoms with van der Waals surface area (Å²) < 4.78 is 46.5. The number of aromatic nitrogens is 3. The maximum Gasteiger partial charge on any atom is 0.416 e. The Morgan fingerprint density at radius 3 is 2.69 bits per heavy atom. The number of alkyl halides is 3. The summed E-state index contributed by atoms with van der Waals surface area (Å²) in [5, 5.41) is 3.93. The second-order valence-electron chi connectivity index (χ2n) is 6.78. The van der Waals surface area contributed by atoms with Crippen LogP contribution in [0.25, 0.3) is 0 Å². The van der Waals surface area contributed by atoms with Crippen molar-refractivity contribution in [1.82, 2.24) is 14.8 Å². The molecule has 138 valence electrons. The number of nitrogens with zero attached hydrogens (tertiary/aromatic N) is 4.